The Bertz CT molecular complexity index is 561. The summed E-state index contributed by atoms with van der Waals surface area (Å²) < 4.78 is 9.41. The van der Waals surface area contributed by atoms with Crippen molar-refractivity contribution < 1.29 is 28.7 Å². The second kappa shape index (κ2) is 9.42. The van der Waals surface area contributed by atoms with Gasteiger partial charge in [0.05, 0.1) is 30.9 Å². The average molecular weight is 324 g/mol. The van der Waals surface area contributed by atoms with E-state index in [1.54, 1.807) is 26.0 Å². The minimum Gasteiger partial charge on any atom is -0.435 e. The van der Waals surface area contributed by atoms with Crippen LogP contribution in [0.5, 0.6) is 0 Å². The molecule has 1 rings (SSSR count). The first-order chi connectivity index (χ1) is 11.0. The van der Waals surface area contributed by atoms with Crippen molar-refractivity contribution in [2.75, 3.05) is 26.4 Å². The molecule has 0 bridgehead atoms. The quantitative estimate of drug-likeness (QED) is 0.571. The lowest BCUT2D eigenvalue weighted by atomic mass is 10.1. The van der Waals surface area contributed by atoms with Crippen LogP contribution >= 0.6 is 0 Å². The van der Waals surface area contributed by atoms with Gasteiger partial charge in [-0.25, -0.2) is 9.86 Å². The van der Waals surface area contributed by atoms with Gasteiger partial charge in [-0.15, -0.1) is 0 Å². The maximum absolute atomic E-state index is 12.5. The molecular formula is C15H20N2O6. The molecule has 0 atom stereocenters. The van der Waals surface area contributed by atoms with Crippen molar-refractivity contribution in [3.63, 3.8) is 0 Å². The van der Waals surface area contributed by atoms with Gasteiger partial charge >= 0.3 is 6.16 Å². The third-order valence-corrected chi connectivity index (χ3v) is 2.71. The molecule has 23 heavy (non-hydrogen) atoms. The van der Waals surface area contributed by atoms with Crippen LogP contribution in [0.3, 0.4) is 0 Å². The van der Waals surface area contributed by atoms with E-state index in [9.17, 15) is 14.4 Å². The topological polar surface area (TPSA) is 108 Å². The van der Waals surface area contributed by atoms with Gasteiger partial charge in [-0.3, -0.25) is 14.4 Å². The SMILES string of the molecule is CCOC(=O)OCCN(OCC)C(=O)c1ccccc1C(N)=O. The van der Waals surface area contributed by atoms with Crippen LogP contribution < -0.4 is 5.73 Å². The van der Waals surface area contributed by atoms with Crippen molar-refractivity contribution in [3.05, 3.63) is 35.4 Å². The van der Waals surface area contributed by atoms with Gasteiger partial charge in [0.1, 0.15) is 6.61 Å². The molecule has 0 aromatic heterocycles. The molecule has 0 aliphatic heterocycles. The number of ether oxygens (including phenoxy) is 2. The predicted molar refractivity (Wildman–Crippen MR) is 80.6 cm³/mol. The second-order valence-corrected chi connectivity index (χ2v) is 4.27. The van der Waals surface area contributed by atoms with E-state index in [2.05, 4.69) is 4.74 Å². The van der Waals surface area contributed by atoms with Crippen molar-refractivity contribution in [1.82, 2.24) is 5.06 Å². The molecule has 0 aliphatic carbocycles. The predicted octanol–water partition coefficient (Wildman–Crippen LogP) is 1.35. The zero-order valence-electron chi connectivity index (χ0n) is 13.1. The molecule has 126 valence electrons. The Balaban J connectivity index is 2.79. The first kappa shape index (κ1) is 18.4. The molecule has 0 unspecified atom stereocenters. The molecule has 0 saturated carbocycles. The molecular weight excluding hydrogens is 304 g/mol. The van der Waals surface area contributed by atoms with Crippen molar-refractivity contribution in [2.24, 2.45) is 5.73 Å². The molecule has 0 radical (unpaired) electrons. The summed E-state index contributed by atoms with van der Waals surface area (Å²) in [4.78, 5) is 40.2. The van der Waals surface area contributed by atoms with Crippen LogP contribution in [0.2, 0.25) is 0 Å². The van der Waals surface area contributed by atoms with Crippen LogP contribution in [0.4, 0.5) is 4.79 Å². The summed E-state index contributed by atoms with van der Waals surface area (Å²) in [6, 6.07) is 6.14. The number of hydroxylamine groups is 2. The molecule has 0 fully saturated rings. The van der Waals surface area contributed by atoms with Crippen LogP contribution in [-0.4, -0.2) is 49.4 Å². The smallest absolute Gasteiger partial charge is 0.435 e. The Kier molecular flexibility index (Phi) is 7.55. The minimum absolute atomic E-state index is 0.0153. The summed E-state index contributed by atoms with van der Waals surface area (Å²) in [6.45, 7) is 3.65. The van der Waals surface area contributed by atoms with Crippen LogP contribution in [-0.2, 0) is 14.3 Å². The first-order valence-corrected chi connectivity index (χ1v) is 7.14. The zero-order valence-corrected chi connectivity index (χ0v) is 13.1. The number of benzene rings is 1. The molecule has 2 amide bonds. The lowest BCUT2D eigenvalue weighted by molar-refractivity contribution is -0.125. The van der Waals surface area contributed by atoms with Gasteiger partial charge in [0.2, 0.25) is 5.91 Å². The third-order valence-electron chi connectivity index (χ3n) is 2.71. The molecule has 1 aromatic carbocycles. The van der Waals surface area contributed by atoms with Crippen LogP contribution in [0.25, 0.3) is 0 Å². The number of primary amides is 1. The maximum atomic E-state index is 12.5. The van der Waals surface area contributed by atoms with Crippen LogP contribution in [0.15, 0.2) is 24.3 Å². The standard InChI is InChI=1S/C15H20N2O6/c1-3-21-15(20)22-10-9-17(23-4-2)14(19)12-8-6-5-7-11(12)13(16)18/h5-8H,3-4,9-10H2,1-2H3,(H2,16,18). The van der Waals surface area contributed by atoms with E-state index in [-0.39, 0.29) is 37.5 Å². The largest absolute Gasteiger partial charge is 0.508 e. The molecule has 0 aliphatic rings. The summed E-state index contributed by atoms with van der Waals surface area (Å²) in [5.41, 5.74) is 5.47. The Morgan fingerprint density at radius 1 is 1.04 bits per heavy atom. The van der Waals surface area contributed by atoms with E-state index in [0.717, 1.165) is 5.06 Å². The van der Waals surface area contributed by atoms with Crippen molar-refractivity contribution in [1.29, 1.82) is 0 Å². The highest BCUT2D eigenvalue weighted by Gasteiger charge is 2.21. The number of hydrogen-bond donors (Lipinski definition) is 1. The fraction of sp³-hybridized carbons (Fsp3) is 0.400. The molecule has 0 spiro atoms. The van der Waals surface area contributed by atoms with Gasteiger partial charge in [-0.2, -0.15) is 0 Å². The summed E-state index contributed by atoms with van der Waals surface area (Å²) in [6.07, 6.45) is -0.825. The first-order valence-electron chi connectivity index (χ1n) is 7.14. The number of nitrogens with zero attached hydrogens (tertiary/aromatic N) is 1. The summed E-state index contributed by atoms with van der Waals surface area (Å²) >= 11 is 0. The normalized spacial score (nSPS) is 10.0. The van der Waals surface area contributed by atoms with E-state index in [0.29, 0.717) is 0 Å². The average Bonchev–Trinajstić information content (AvgIpc) is 2.53. The van der Waals surface area contributed by atoms with Crippen LogP contribution in [0.1, 0.15) is 34.6 Å². The Morgan fingerprint density at radius 3 is 2.26 bits per heavy atom. The highest BCUT2D eigenvalue weighted by atomic mass is 16.7. The van der Waals surface area contributed by atoms with E-state index in [1.807, 2.05) is 0 Å². The highest BCUT2D eigenvalue weighted by Crippen LogP contribution is 2.12. The highest BCUT2D eigenvalue weighted by molar-refractivity contribution is 6.06. The molecule has 1 aromatic rings. The van der Waals surface area contributed by atoms with E-state index >= 15 is 0 Å². The number of carbonyl (C=O) groups excluding carboxylic acids is 3. The number of rotatable bonds is 8. The Morgan fingerprint density at radius 2 is 1.70 bits per heavy atom. The molecule has 2 N–H and O–H groups in total. The summed E-state index contributed by atoms with van der Waals surface area (Å²) in [7, 11) is 0. The fourth-order valence-corrected chi connectivity index (χ4v) is 1.77. The van der Waals surface area contributed by atoms with Gasteiger partial charge in [0.15, 0.2) is 0 Å². The number of amides is 2. The van der Waals surface area contributed by atoms with E-state index in [1.165, 1.54) is 12.1 Å². The maximum Gasteiger partial charge on any atom is 0.508 e. The molecule has 0 saturated heterocycles. The number of hydrogen-bond acceptors (Lipinski definition) is 6. The monoisotopic (exact) mass is 324 g/mol. The summed E-state index contributed by atoms with van der Waals surface area (Å²) in [5, 5.41) is 1.01. The van der Waals surface area contributed by atoms with Gasteiger partial charge in [0.25, 0.3) is 5.91 Å². The third kappa shape index (κ3) is 5.59. The van der Waals surface area contributed by atoms with Crippen molar-refractivity contribution in [2.45, 2.75) is 13.8 Å². The van der Waals surface area contributed by atoms with Gasteiger partial charge in [-0.05, 0) is 26.0 Å². The number of carbonyl (C=O) groups is 3. The lowest BCUT2D eigenvalue weighted by Gasteiger charge is -2.21. The van der Waals surface area contributed by atoms with Crippen molar-refractivity contribution >= 4 is 18.0 Å². The molecule has 0 heterocycles. The number of nitrogens with two attached hydrogens (primary N) is 1. The fourth-order valence-electron chi connectivity index (χ4n) is 1.77. The Labute approximate surface area is 134 Å². The van der Waals surface area contributed by atoms with E-state index in [4.69, 9.17) is 15.3 Å². The molecule has 8 heteroatoms. The lowest BCUT2D eigenvalue weighted by Crippen LogP contribution is -2.36. The van der Waals surface area contributed by atoms with Crippen molar-refractivity contribution in [3.8, 4) is 0 Å². The minimum atomic E-state index is -0.825. The summed E-state index contributed by atoms with van der Waals surface area (Å²) in [5.74, 6) is -1.26. The Hall–Kier alpha value is -2.61. The van der Waals surface area contributed by atoms with Gasteiger partial charge < -0.3 is 15.2 Å². The van der Waals surface area contributed by atoms with Crippen LogP contribution in [0, 0.1) is 0 Å². The second-order valence-electron chi connectivity index (χ2n) is 4.27. The zero-order chi connectivity index (χ0) is 17.2. The van der Waals surface area contributed by atoms with E-state index < -0.39 is 18.0 Å². The van der Waals surface area contributed by atoms with Gasteiger partial charge in [0, 0.05) is 0 Å². The molecule has 8 nitrogen and oxygen atoms in total. The van der Waals surface area contributed by atoms with Gasteiger partial charge in [-0.1, -0.05) is 12.1 Å².